The first kappa shape index (κ1) is 10.5. The highest BCUT2D eigenvalue weighted by atomic mass is 32.2. The number of thioether (sulfide) groups is 1. The molecule has 6 heteroatoms. The van der Waals surface area contributed by atoms with Gasteiger partial charge in [-0.15, -0.1) is 0 Å². The second kappa shape index (κ2) is 4.24. The molecule has 0 radical (unpaired) electrons. The van der Waals surface area contributed by atoms with Gasteiger partial charge in [-0.05, 0) is 6.92 Å². The molecule has 1 unspecified atom stereocenters. The van der Waals surface area contributed by atoms with Gasteiger partial charge in [0.25, 0.3) is 5.56 Å². The van der Waals surface area contributed by atoms with Crippen LogP contribution in [0.15, 0.2) is 4.79 Å². The number of aromatic nitrogens is 2. The van der Waals surface area contributed by atoms with E-state index >= 15 is 0 Å². The molecule has 2 rings (SSSR count). The van der Waals surface area contributed by atoms with Crippen LogP contribution >= 0.6 is 11.8 Å². The van der Waals surface area contributed by atoms with Crippen molar-refractivity contribution in [2.45, 2.75) is 13.0 Å². The van der Waals surface area contributed by atoms with Crippen LogP contribution in [0.5, 0.6) is 5.88 Å². The van der Waals surface area contributed by atoms with E-state index in [9.17, 15) is 9.90 Å². The summed E-state index contributed by atoms with van der Waals surface area (Å²) in [5.41, 5.74) is -0.0705. The Hall–Kier alpha value is -1.01. The third-order valence-electron chi connectivity index (χ3n) is 2.26. The van der Waals surface area contributed by atoms with Crippen LogP contribution in [0.4, 0.5) is 0 Å². The largest absolute Gasteiger partial charge is 0.493 e. The summed E-state index contributed by atoms with van der Waals surface area (Å²) in [6.07, 6.45) is -0.219. The highest BCUT2D eigenvalue weighted by Gasteiger charge is 2.20. The van der Waals surface area contributed by atoms with Gasteiger partial charge < -0.3 is 14.8 Å². The average molecular weight is 228 g/mol. The molecule has 0 amide bonds. The van der Waals surface area contributed by atoms with Crippen molar-refractivity contribution in [2.75, 3.05) is 18.1 Å². The average Bonchev–Trinajstić information content (AvgIpc) is 2.26. The molecule has 1 aliphatic rings. The van der Waals surface area contributed by atoms with Crippen LogP contribution in [0.3, 0.4) is 0 Å². The van der Waals surface area contributed by atoms with Gasteiger partial charge in [0.15, 0.2) is 0 Å². The Morgan fingerprint density at radius 1 is 1.67 bits per heavy atom. The number of rotatable bonds is 1. The second-order valence-corrected chi connectivity index (χ2v) is 4.48. The normalized spacial score (nSPS) is 21.5. The lowest BCUT2D eigenvalue weighted by Crippen LogP contribution is -2.22. The van der Waals surface area contributed by atoms with Crippen LogP contribution in [-0.2, 0) is 4.74 Å². The minimum Gasteiger partial charge on any atom is -0.493 e. The first-order valence-corrected chi connectivity index (χ1v) is 5.83. The summed E-state index contributed by atoms with van der Waals surface area (Å²) >= 11 is 1.75. The smallest absolute Gasteiger partial charge is 0.257 e. The number of ether oxygens (including phenoxy) is 1. The molecule has 0 spiro atoms. The molecule has 1 atom stereocenters. The molecule has 82 valence electrons. The summed E-state index contributed by atoms with van der Waals surface area (Å²) in [7, 11) is 0. The van der Waals surface area contributed by atoms with Crippen LogP contribution in [0.25, 0.3) is 0 Å². The van der Waals surface area contributed by atoms with Crippen LogP contribution in [0.2, 0.25) is 0 Å². The molecule has 2 N–H and O–H groups in total. The molecular formula is C9H12N2O3S. The van der Waals surface area contributed by atoms with E-state index in [-0.39, 0.29) is 23.1 Å². The second-order valence-electron chi connectivity index (χ2n) is 3.33. The molecule has 0 bridgehead atoms. The molecule has 1 aromatic heterocycles. The van der Waals surface area contributed by atoms with E-state index in [1.165, 1.54) is 6.92 Å². The van der Waals surface area contributed by atoms with Gasteiger partial charge in [-0.2, -0.15) is 16.7 Å². The standard InChI is InChI=1S/C9H12N2O3S/c1-5-8(12)10-7(11-9(5)13)6-4-15-3-2-14-6/h6H,2-4H2,1H3,(H2,10,11,12,13). The minimum atomic E-state index is -0.309. The van der Waals surface area contributed by atoms with E-state index in [0.29, 0.717) is 12.4 Å². The lowest BCUT2D eigenvalue weighted by Gasteiger charge is -2.21. The van der Waals surface area contributed by atoms with Gasteiger partial charge in [0, 0.05) is 11.5 Å². The van der Waals surface area contributed by atoms with Crippen molar-refractivity contribution in [2.24, 2.45) is 0 Å². The van der Waals surface area contributed by atoms with Crippen molar-refractivity contribution < 1.29 is 9.84 Å². The Bertz CT molecular complexity index is 412. The molecule has 0 saturated carbocycles. The molecular weight excluding hydrogens is 216 g/mol. The summed E-state index contributed by atoms with van der Waals surface area (Å²) in [6.45, 7) is 2.18. The fraction of sp³-hybridized carbons (Fsp3) is 0.556. The van der Waals surface area contributed by atoms with Crippen molar-refractivity contribution in [1.29, 1.82) is 0 Å². The highest BCUT2D eigenvalue weighted by molar-refractivity contribution is 7.99. The number of hydrogen-bond donors (Lipinski definition) is 2. The van der Waals surface area contributed by atoms with E-state index < -0.39 is 0 Å². The Morgan fingerprint density at radius 3 is 3.07 bits per heavy atom. The lowest BCUT2D eigenvalue weighted by molar-refractivity contribution is 0.0687. The zero-order valence-corrected chi connectivity index (χ0v) is 9.13. The topological polar surface area (TPSA) is 75.2 Å². The predicted octanol–water partition coefficient (Wildman–Crippen LogP) is 0.588. The van der Waals surface area contributed by atoms with Gasteiger partial charge >= 0.3 is 0 Å². The molecule has 1 aliphatic heterocycles. The zero-order valence-electron chi connectivity index (χ0n) is 8.32. The van der Waals surface area contributed by atoms with E-state index in [4.69, 9.17) is 4.74 Å². The minimum absolute atomic E-state index is 0.215. The van der Waals surface area contributed by atoms with Crippen molar-refractivity contribution >= 4 is 11.8 Å². The summed E-state index contributed by atoms with van der Waals surface area (Å²) in [5, 5.41) is 9.42. The highest BCUT2D eigenvalue weighted by Crippen LogP contribution is 2.24. The fourth-order valence-corrected chi connectivity index (χ4v) is 2.18. The van der Waals surface area contributed by atoms with Gasteiger partial charge in [-0.1, -0.05) is 0 Å². The monoisotopic (exact) mass is 228 g/mol. The van der Waals surface area contributed by atoms with Gasteiger partial charge in [0.1, 0.15) is 11.9 Å². The van der Waals surface area contributed by atoms with Crippen LogP contribution in [0, 0.1) is 6.92 Å². The number of nitrogens with one attached hydrogen (secondary N) is 1. The number of nitrogens with zero attached hydrogens (tertiary/aromatic N) is 1. The summed E-state index contributed by atoms with van der Waals surface area (Å²) in [5.74, 6) is 1.91. The summed E-state index contributed by atoms with van der Waals surface area (Å²) in [4.78, 5) is 17.9. The maximum Gasteiger partial charge on any atom is 0.257 e. The molecule has 1 saturated heterocycles. The summed E-state index contributed by atoms with van der Waals surface area (Å²) < 4.78 is 5.45. The maximum absolute atomic E-state index is 11.4. The fourth-order valence-electron chi connectivity index (χ4n) is 1.34. The Morgan fingerprint density at radius 2 is 2.47 bits per heavy atom. The van der Waals surface area contributed by atoms with E-state index in [0.717, 1.165) is 11.5 Å². The zero-order chi connectivity index (χ0) is 10.8. The summed E-state index contributed by atoms with van der Waals surface area (Å²) in [6, 6.07) is 0. The molecule has 1 fully saturated rings. The predicted molar refractivity (Wildman–Crippen MR) is 57.3 cm³/mol. The van der Waals surface area contributed by atoms with Gasteiger partial charge in [-0.25, -0.2) is 0 Å². The Balaban J connectivity index is 2.32. The van der Waals surface area contributed by atoms with Crippen molar-refractivity contribution in [3.63, 3.8) is 0 Å². The SMILES string of the molecule is Cc1c(O)nc(C2CSCCO2)[nH]c1=O. The molecule has 2 heterocycles. The van der Waals surface area contributed by atoms with Gasteiger partial charge in [0.05, 0.1) is 12.2 Å². The van der Waals surface area contributed by atoms with Crippen molar-refractivity contribution in [1.82, 2.24) is 9.97 Å². The Kier molecular flexibility index (Phi) is 2.97. The number of H-pyrrole nitrogens is 1. The molecule has 5 nitrogen and oxygen atoms in total. The van der Waals surface area contributed by atoms with Gasteiger partial charge in [0.2, 0.25) is 5.88 Å². The number of hydrogen-bond acceptors (Lipinski definition) is 5. The van der Waals surface area contributed by atoms with E-state index in [1.807, 2.05) is 0 Å². The van der Waals surface area contributed by atoms with E-state index in [2.05, 4.69) is 9.97 Å². The van der Waals surface area contributed by atoms with Crippen molar-refractivity contribution in [3.05, 3.63) is 21.7 Å². The first-order chi connectivity index (χ1) is 7.18. The maximum atomic E-state index is 11.4. The number of aromatic hydroxyl groups is 1. The van der Waals surface area contributed by atoms with Crippen molar-refractivity contribution in [3.8, 4) is 5.88 Å². The van der Waals surface area contributed by atoms with Crippen LogP contribution in [0.1, 0.15) is 17.5 Å². The third kappa shape index (κ3) is 2.15. The lowest BCUT2D eigenvalue weighted by atomic mass is 10.3. The van der Waals surface area contributed by atoms with E-state index in [1.54, 1.807) is 11.8 Å². The molecule has 1 aromatic rings. The Labute approximate surface area is 90.9 Å². The number of aromatic amines is 1. The third-order valence-corrected chi connectivity index (χ3v) is 3.26. The van der Waals surface area contributed by atoms with Gasteiger partial charge in [-0.3, -0.25) is 4.79 Å². The van der Waals surface area contributed by atoms with Crippen LogP contribution < -0.4 is 5.56 Å². The quantitative estimate of drug-likeness (QED) is 0.735. The molecule has 0 aliphatic carbocycles. The molecule has 0 aromatic carbocycles. The first-order valence-electron chi connectivity index (χ1n) is 4.67. The molecule has 15 heavy (non-hydrogen) atoms. The van der Waals surface area contributed by atoms with Crippen LogP contribution in [-0.4, -0.2) is 33.2 Å².